The van der Waals surface area contributed by atoms with E-state index in [0.29, 0.717) is 36.8 Å². The van der Waals surface area contributed by atoms with Crippen molar-refractivity contribution in [2.75, 3.05) is 18.4 Å². The van der Waals surface area contributed by atoms with Crippen LogP contribution in [0.3, 0.4) is 0 Å². The highest BCUT2D eigenvalue weighted by Crippen LogP contribution is 2.27. The molecule has 5 rings (SSSR count). The number of anilines is 1. The van der Waals surface area contributed by atoms with E-state index in [1.165, 1.54) is 0 Å². The second-order valence-corrected chi connectivity index (χ2v) is 10.4. The molecule has 0 spiro atoms. The summed E-state index contributed by atoms with van der Waals surface area (Å²) in [6.45, 7) is 7.18. The van der Waals surface area contributed by atoms with Gasteiger partial charge in [0.1, 0.15) is 18.0 Å². The minimum Gasteiger partial charge on any atom is -0.489 e. The van der Waals surface area contributed by atoms with Crippen molar-refractivity contribution in [2.45, 2.75) is 51.9 Å². The van der Waals surface area contributed by atoms with Crippen LogP contribution in [0, 0.1) is 0 Å². The zero-order valence-electron chi connectivity index (χ0n) is 21.8. The smallest absolute Gasteiger partial charge is 0.410 e. The summed E-state index contributed by atoms with van der Waals surface area (Å²) in [5, 5.41) is 15.3. The second-order valence-electron chi connectivity index (χ2n) is 10.4. The van der Waals surface area contributed by atoms with Gasteiger partial charge in [-0.05, 0) is 57.4 Å². The first-order valence-corrected chi connectivity index (χ1v) is 12.7. The van der Waals surface area contributed by atoms with Crippen LogP contribution in [0.1, 0.15) is 55.6 Å². The highest BCUT2D eigenvalue weighted by Gasteiger charge is 2.28. The lowest BCUT2D eigenvalue weighted by Crippen LogP contribution is -2.42. The number of benzene rings is 2. The van der Waals surface area contributed by atoms with Gasteiger partial charge in [0.15, 0.2) is 5.82 Å². The van der Waals surface area contributed by atoms with Crippen LogP contribution in [-0.2, 0) is 11.3 Å². The van der Waals surface area contributed by atoms with Crippen molar-refractivity contribution in [1.82, 2.24) is 24.9 Å². The van der Waals surface area contributed by atoms with Crippen molar-refractivity contribution >= 4 is 28.7 Å². The van der Waals surface area contributed by atoms with Gasteiger partial charge in [0.2, 0.25) is 0 Å². The van der Waals surface area contributed by atoms with Crippen molar-refractivity contribution < 1.29 is 19.1 Å². The van der Waals surface area contributed by atoms with Gasteiger partial charge in [0, 0.05) is 24.7 Å². The van der Waals surface area contributed by atoms with Crippen molar-refractivity contribution in [3.63, 3.8) is 0 Å². The molecule has 0 atom stereocenters. The number of aromatic nitrogens is 4. The summed E-state index contributed by atoms with van der Waals surface area (Å²) < 4.78 is 13.2. The third kappa shape index (κ3) is 5.96. The molecule has 0 unspecified atom stereocenters. The summed E-state index contributed by atoms with van der Waals surface area (Å²) in [7, 11) is 0. The molecular weight excluding hydrogens is 484 g/mol. The number of fused-ring (bicyclic) bond motifs is 1. The van der Waals surface area contributed by atoms with Gasteiger partial charge in [-0.2, -0.15) is 10.2 Å². The zero-order valence-corrected chi connectivity index (χ0v) is 21.8. The number of aromatic amines is 1. The maximum atomic E-state index is 13.0. The molecule has 38 heavy (non-hydrogen) atoms. The number of carbonyl (C=O) groups excluding carboxylic acids is 2. The molecule has 10 nitrogen and oxygen atoms in total. The van der Waals surface area contributed by atoms with Gasteiger partial charge in [0.05, 0.1) is 23.3 Å². The van der Waals surface area contributed by atoms with E-state index in [1.807, 2.05) is 69.3 Å². The topological polar surface area (TPSA) is 114 Å². The quantitative estimate of drug-likeness (QED) is 0.366. The number of amides is 2. The average Bonchev–Trinajstić information content (AvgIpc) is 3.55. The van der Waals surface area contributed by atoms with Gasteiger partial charge in [0.25, 0.3) is 5.91 Å². The standard InChI is InChI=1S/C28H32N6O4/c1-28(2,3)38-27(36)33-13-11-21(12-14-33)34-17-20(16-29-34)26(35)30-25-23-15-22(9-10-24(23)31-32-25)37-18-19-7-5-4-6-8-19/h4-10,15-17,21H,11-14,18H2,1-3H3,(H2,30,31,32,35). The fourth-order valence-electron chi connectivity index (χ4n) is 4.39. The fourth-order valence-corrected chi connectivity index (χ4v) is 4.39. The number of ether oxygens (including phenoxy) is 2. The SMILES string of the molecule is CC(C)(C)OC(=O)N1CCC(n2cc(C(=O)Nc3n[nH]c4ccc(OCc5ccccc5)cc34)cn2)CC1. The lowest BCUT2D eigenvalue weighted by atomic mass is 10.1. The first-order chi connectivity index (χ1) is 18.2. The molecule has 1 aliphatic rings. The van der Waals surface area contributed by atoms with Crippen molar-refractivity contribution in [1.29, 1.82) is 0 Å². The highest BCUT2D eigenvalue weighted by molar-refractivity contribution is 6.07. The summed E-state index contributed by atoms with van der Waals surface area (Å²) in [6, 6.07) is 15.6. The summed E-state index contributed by atoms with van der Waals surface area (Å²) in [5.41, 5.74) is 1.78. The number of hydrogen-bond acceptors (Lipinski definition) is 6. The van der Waals surface area contributed by atoms with Crippen LogP contribution in [0.15, 0.2) is 60.9 Å². The highest BCUT2D eigenvalue weighted by atomic mass is 16.6. The van der Waals surface area contributed by atoms with Crippen molar-refractivity contribution in [3.05, 3.63) is 72.1 Å². The molecular formula is C28H32N6O4. The van der Waals surface area contributed by atoms with Crippen LogP contribution >= 0.6 is 0 Å². The number of piperidine rings is 1. The number of nitrogens with zero attached hydrogens (tertiary/aromatic N) is 4. The van der Waals surface area contributed by atoms with E-state index in [0.717, 1.165) is 29.3 Å². The maximum absolute atomic E-state index is 13.0. The Labute approximate surface area is 220 Å². The van der Waals surface area contributed by atoms with Crippen molar-refractivity contribution in [2.24, 2.45) is 0 Å². The zero-order chi connectivity index (χ0) is 26.7. The number of carbonyl (C=O) groups is 2. The van der Waals surface area contributed by atoms with E-state index < -0.39 is 5.60 Å². The van der Waals surface area contributed by atoms with E-state index in [4.69, 9.17) is 9.47 Å². The Morgan fingerprint density at radius 2 is 1.87 bits per heavy atom. The second kappa shape index (κ2) is 10.6. The van der Waals surface area contributed by atoms with E-state index in [-0.39, 0.29) is 18.0 Å². The lowest BCUT2D eigenvalue weighted by molar-refractivity contribution is 0.0184. The van der Waals surface area contributed by atoms with Gasteiger partial charge in [-0.3, -0.25) is 14.6 Å². The predicted octanol–water partition coefficient (Wildman–Crippen LogP) is 5.16. The number of likely N-dealkylation sites (tertiary alicyclic amines) is 1. The normalized spacial score (nSPS) is 14.4. The molecule has 4 aromatic rings. The van der Waals surface area contributed by atoms with Crippen LogP contribution in [0.5, 0.6) is 5.75 Å². The molecule has 2 aromatic carbocycles. The molecule has 2 N–H and O–H groups in total. The monoisotopic (exact) mass is 516 g/mol. The molecule has 0 radical (unpaired) electrons. The molecule has 10 heteroatoms. The summed E-state index contributed by atoms with van der Waals surface area (Å²) >= 11 is 0. The van der Waals surface area contributed by atoms with Crippen molar-refractivity contribution in [3.8, 4) is 5.75 Å². The molecule has 0 saturated carbocycles. The van der Waals surface area contributed by atoms with E-state index >= 15 is 0 Å². The number of H-pyrrole nitrogens is 1. The third-order valence-electron chi connectivity index (χ3n) is 6.37. The van der Waals surface area contributed by atoms with Gasteiger partial charge >= 0.3 is 6.09 Å². The Morgan fingerprint density at radius 1 is 1.11 bits per heavy atom. The van der Waals surface area contributed by atoms with Crippen LogP contribution in [0.2, 0.25) is 0 Å². The van der Waals surface area contributed by atoms with Crippen LogP contribution in [0.25, 0.3) is 10.9 Å². The number of rotatable bonds is 6. The van der Waals surface area contributed by atoms with Gasteiger partial charge < -0.3 is 19.7 Å². The summed E-state index contributed by atoms with van der Waals surface area (Å²) in [6.07, 6.45) is 4.47. The summed E-state index contributed by atoms with van der Waals surface area (Å²) in [5.74, 6) is 0.809. The largest absolute Gasteiger partial charge is 0.489 e. The molecule has 198 valence electrons. The Balaban J connectivity index is 1.20. The Morgan fingerprint density at radius 3 is 2.61 bits per heavy atom. The Kier molecular flexibility index (Phi) is 7.04. The van der Waals surface area contributed by atoms with E-state index in [1.54, 1.807) is 22.0 Å². The average molecular weight is 517 g/mol. The van der Waals surface area contributed by atoms with E-state index in [9.17, 15) is 9.59 Å². The van der Waals surface area contributed by atoms with Gasteiger partial charge in [-0.15, -0.1) is 0 Å². The number of nitrogens with one attached hydrogen (secondary N) is 2. The molecule has 2 aromatic heterocycles. The first-order valence-electron chi connectivity index (χ1n) is 12.7. The molecule has 1 aliphatic heterocycles. The predicted molar refractivity (Wildman–Crippen MR) is 143 cm³/mol. The fraction of sp³-hybridized carbons (Fsp3) is 0.357. The lowest BCUT2D eigenvalue weighted by Gasteiger charge is -2.33. The maximum Gasteiger partial charge on any atom is 0.410 e. The van der Waals surface area contributed by atoms with Crippen LogP contribution in [-0.4, -0.2) is 55.6 Å². The van der Waals surface area contributed by atoms with Gasteiger partial charge in [-0.25, -0.2) is 4.79 Å². The Bertz CT molecular complexity index is 1410. The molecule has 2 amide bonds. The molecule has 0 bridgehead atoms. The Hall–Kier alpha value is -4.34. The summed E-state index contributed by atoms with van der Waals surface area (Å²) in [4.78, 5) is 27.1. The molecule has 3 heterocycles. The van der Waals surface area contributed by atoms with Crippen LogP contribution < -0.4 is 10.1 Å². The van der Waals surface area contributed by atoms with Gasteiger partial charge in [-0.1, -0.05) is 30.3 Å². The molecule has 0 aliphatic carbocycles. The first kappa shape index (κ1) is 25.3. The minimum absolute atomic E-state index is 0.103. The van der Waals surface area contributed by atoms with Crippen LogP contribution in [0.4, 0.5) is 10.6 Å². The molecule has 1 saturated heterocycles. The van der Waals surface area contributed by atoms with E-state index in [2.05, 4.69) is 20.6 Å². The third-order valence-corrected chi connectivity index (χ3v) is 6.37. The number of hydrogen-bond donors (Lipinski definition) is 2. The minimum atomic E-state index is -0.519. The molecule has 1 fully saturated rings.